The van der Waals surface area contributed by atoms with Gasteiger partial charge < -0.3 is 9.84 Å². The third-order valence-electron chi connectivity index (χ3n) is 4.04. The van der Waals surface area contributed by atoms with Gasteiger partial charge in [0.15, 0.2) is 0 Å². The maximum Gasteiger partial charge on any atom is 0.337 e. The predicted molar refractivity (Wildman–Crippen MR) is 114 cm³/mol. The summed E-state index contributed by atoms with van der Waals surface area (Å²) < 4.78 is 6.03. The average molecular weight is 446 g/mol. The Morgan fingerprint density at radius 3 is 2.77 bits per heavy atom. The van der Waals surface area contributed by atoms with Gasteiger partial charge in [-0.3, -0.25) is 14.2 Å². The Kier molecular flexibility index (Phi) is 6.65. The third kappa shape index (κ3) is 4.76. The lowest BCUT2D eigenvalue weighted by atomic mass is 10.1. The fourth-order valence-electron chi connectivity index (χ4n) is 2.59. The van der Waals surface area contributed by atoms with Crippen LogP contribution in [0.4, 0.5) is 0 Å². The number of nitrogens with one attached hydrogen (secondary N) is 1. The van der Waals surface area contributed by atoms with Gasteiger partial charge >= 0.3 is 10.8 Å². The number of methoxy groups -OCH3 is 1. The lowest BCUT2D eigenvalue weighted by Gasteiger charge is -2.06. The first kappa shape index (κ1) is 21.3. The predicted octanol–water partition coefficient (Wildman–Crippen LogP) is 2.87. The van der Waals surface area contributed by atoms with Crippen LogP contribution in [0.5, 0.6) is 5.75 Å². The van der Waals surface area contributed by atoms with Gasteiger partial charge in [-0.05, 0) is 29.8 Å². The van der Waals surface area contributed by atoms with Crippen molar-refractivity contribution in [2.24, 2.45) is 5.10 Å². The normalized spacial score (nSPS) is 10.9. The van der Waals surface area contributed by atoms with Gasteiger partial charge in [-0.1, -0.05) is 47.2 Å². The number of aromatic hydroxyl groups is 1. The minimum absolute atomic E-state index is 0.0667. The number of para-hydroxylation sites is 1. The number of aromatic nitrogens is 1. The summed E-state index contributed by atoms with van der Waals surface area (Å²) in [5, 5.41) is 13.6. The maximum absolute atomic E-state index is 12.3. The highest BCUT2D eigenvalue weighted by Gasteiger charge is 2.14. The molecule has 1 amide bonds. The van der Waals surface area contributed by atoms with Crippen molar-refractivity contribution in [3.05, 3.63) is 84.9 Å². The van der Waals surface area contributed by atoms with E-state index >= 15 is 0 Å². The molecule has 0 radical (unpaired) electrons. The van der Waals surface area contributed by atoms with E-state index < -0.39 is 11.9 Å². The quantitative estimate of drug-likeness (QED) is 0.344. The molecule has 0 spiro atoms. The number of hydrogen-bond donors (Lipinski definition) is 2. The van der Waals surface area contributed by atoms with Crippen LogP contribution in [0, 0.1) is 0 Å². The maximum atomic E-state index is 12.3. The van der Waals surface area contributed by atoms with E-state index in [2.05, 4.69) is 10.5 Å². The molecule has 1 heterocycles. The van der Waals surface area contributed by atoms with Crippen LogP contribution in [0.1, 0.15) is 31.2 Å². The van der Waals surface area contributed by atoms with Crippen molar-refractivity contribution in [1.29, 1.82) is 0 Å². The van der Waals surface area contributed by atoms with E-state index in [4.69, 9.17) is 16.3 Å². The van der Waals surface area contributed by atoms with E-state index in [1.54, 1.807) is 36.4 Å². The number of hydrazone groups is 1. The highest BCUT2D eigenvalue weighted by atomic mass is 35.5. The van der Waals surface area contributed by atoms with Gasteiger partial charge in [0.25, 0.3) is 5.91 Å². The molecule has 3 rings (SSSR count). The van der Waals surface area contributed by atoms with Crippen LogP contribution in [0.3, 0.4) is 0 Å². The number of hydrogen-bond acceptors (Lipinski definition) is 7. The fraction of sp³-hybridized carbons (Fsp3) is 0.100. The van der Waals surface area contributed by atoms with Gasteiger partial charge in [0, 0.05) is 0 Å². The van der Waals surface area contributed by atoms with E-state index in [-0.39, 0.29) is 27.9 Å². The molecule has 154 valence electrons. The lowest BCUT2D eigenvalue weighted by Crippen LogP contribution is -2.17. The highest BCUT2D eigenvalue weighted by molar-refractivity contribution is 7.11. The fourth-order valence-corrected chi connectivity index (χ4v) is 3.70. The van der Waals surface area contributed by atoms with E-state index in [0.29, 0.717) is 16.0 Å². The number of benzene rings is 2. The monoisotopic (exact) mass is 445 g/mol. The first-order valence-corrected chi connectivity index (χ1v) is 9.78. The largest absolute Gasteiger partial charge is 0.507 e. The number of halogens is 1. The first-order chi connectivity index (χ1) is 14.4. The molecule has 2 aromatic carbocycles. The van der Waals surface area contributed by atoms with Crippen molar-refractivity contribution in [1.82, 2.24) is 9.99 Å². The first-order valence-electron chi connectivity index (χ1n) is 8.58. The average Bonchev–Trinajstić information content (AvgIpc) is 3.01. The summed E-state index contributed by atoms with van der Waals surface area (Å²) in [7, 11) is 1.29. The molecule has 0 saturated carbocycles. The van der Waals surface area contributed by atoms with Crippen LogP contribution < -0.4 is 10.3 Å². The Hall–Kier alpha value is -3.43. The summed E-state index contributed by atoms with van der Waals surface area (Å²) in [6.07, 6.45) is 1.26. The van der Waals surface area contributed by atoms with Gasteiger partial charge in [-0.2, -0.15) is 5.10 Å². The summed E-state index contributed by atoms with van der Waals surface area (Å²) in [5.41, 5.74) is 3.40. The number of thiazole rings is 1. The van der Waals surface area contributed by atoms with Gasteiger partial charge in [-0.25, -0.2) is 10.2 Å². The Bertz CT molecular complexity index is 1190. The number of amides is 1. The van der Waals surface area contributed by atoms with E-state index in [1.807, 2.05) is 0 Å². The molecule has 0 aliphatic rings. The van der Waals surface area contributed by atoms with Crippen molar-refractivity contribution < 1.29 is 19.4 Å². The van der Waals surface area contributed by atoms with Crippen molar-refractivity contribution in [2.75, 3.05) is 7.11 Å². The molecule has 0 fully saturated rings. The zero-order valence-electron chi connectivity index (χ0n) is 15.7. The topological polar surface area (TPSA) is 110 Å². The molecule has 2 N–H and O–H groups in total. The molecule has 8 nitrogen and oxygen atoms in total. The Labute approximate surface area is 180 Å². The molecular weight excluding hydrogens is 430 g/mol. The van der Waals surface area contributed by atoms with Gasteiger partial charge in [0.2, 0.25) is 0 Å². The zero-order valence-corrected chi connectivity index (χ0v) is 17.2. The number of ether oxygens (including phenoxy) is 1. The lowest BCUT2D eigenvalue weighted by molar-refractivity contribution is 0.0600. The molecule has 1 aromatic heterocycles. The zero-order chi connectivity index (χ0) is 21.7. The van der Waals surface area contributed by atoms with Crippen LogP contribution in [0.25, 0.3) is 0 Å². The summed E-state index contributed by atoms with van der Waals surface area (Å²) in [6, 6.07) is 12.7. The van der Waals surface area contributed by atoms with Crippen molar-refractivity contribution in [3.63, 3.8) is 0 Å². The van der Waals surface area contributed by atoms with Crippen molar-refractivity contribution in [3.8, 4) is 5.75 Å². The van der Waals surface area contributed by atoms with Gasteiger partial charge in [0.1, 0.15) is 10.9 Å². The van der Waals surface area contributed by atoms with E-state index in [0.717, 1.165) is 11.3 Å². The minimum Gasteiger partial charge on any atom is -0.507 e. The number of phenols is 1. The molecule has 10 heteroatoms. The number of phenolic OH excluding ortho intramolecular Hbond substituents is 1. The number of rotatable bonds is 6. The number of nitrogens with zero attached hydrogens (tertiary/aromatic N) is 2. The second kappa shape index (κ2) is 9.38. The van der Waals surface area contributed by atoms with E-state index in [9.17, 15) is 19.5 Å². The third-order valence-corrected chi connectivity index (χ3v) is 5.48. The number of carbonyl (C=O) groups is 2. The van der Waals surface area contributed by atoms with Crippen LogP contribution >= 0.6 is 22.9 Å². The minimum atomic E-state index is -0.605. The van der Waals surface area contributed by atoms with Crippen LogP contribution in [-0.4, -0.2) is 34.9 Å². The Morgan fingerprint density at radius 2 is 2.03 bits per heavy atom. The molecular formula is C20H16ClN3O5S. The number of esters is 1. The molecule has 3 aromatic rings. The molecule has 30 heavy (non-hydrogen) atoms. The summed E-state index contributed by atoms with van der Waals surface area (Å²) in [5.74, 6) is -1.26. The molecule has 0 atom stereocenters. The van der Waals surface area contributed by atoms with Crippen LogP contribution in [0.15, 0.2) is 58.4 Å². The van der Waals surface area contributed by atoms with Crippen LogP contribution in [0.2, 0.25) is 5.15 Å². The van der Waals surface area contributed by atoms with Crippen molar-refractivity contribution >= 4 is 41.0 Å². The Balaban J connectivity index is 1.75. The molecule has 0 bridgehead atoms. The van der Waals surface area contributed by atoms with Crippen molar-refractivity contribution in [2.45, 2.75) is 6.54 Å². The molecule has 0 unspecified atom stereocenters. The second-order valence-electron chi connectivity index (χ2n) is 6.02. The molecule has 0 saturated heterocycles. The van der Waals surface area contributed by atoms with Gasteiger partial charge in [0.05, 0.1) is 35.9 Å². The molecule has 0 aliphatic carbocycles. The smallest absolute Gasteiger partial charge is 0.337 e. The standard InChI is InChI=1S/C20H16ClN3O5S/c1-29-19(27)13-6-4-5-12(9-13)11-24-17(21)16(30-20(24)28)10-22-23-18(26)14-7-2-3-8-15(14)25/h2-10,25H,11H2,1H3,(H,23,26). The summed E-state index contributed by atoms with van der Waals surface area (Å²) >= 11 is 7.16. The molecule has 0 aliphatic heterocycles. The highest BCUT2D eigenvalue weighted by Crippen LogP contribution is 2.19. The summed E-state index contributed by atoms with van der Waals surface area (Å²) in [6.45, 7) is 0.150. The van der Waals surface area contributed by atoms with Gasteiger partial charge in [-0.15, -0.1) is 0 Å². The second-order valence-corrected chi connectivity index (χ2v) is 7.37. The van der Waals surface area contributed by atoms with Crippen LogP contribution in [-0.2, 0) is 11.3 Å². The SMILES string of the molecule is COC(=O)c1cccc(Cn2c(Cl)c(C=NNC(=O)c3ccccc3O)sc2=O)c1. The number of carbonyl (C=O) groups excluding carboxylic acids is 2. The van der Waals surface area contributed by atoms with E-state index in [1.165, 1.54) is 30.0 Å². The summed E-state index contributed by atoms with van der Waals surface area (Å²) in [4.78, 5) is 36.1. The Morgan fingerprint density at radius 1 is 1.27 bits per heavy atom.